The fourth-order valence-corrected chi connectivity index (χ4v) is 2.79. The molecule has 0 unspecified atom stereocenters. The van der Waals surface area contributed by atoms with Crippen molar-refractivity contribution < 1.29 is 9.21 Å². The van der Waals surface area contributed by atoms with Gasteiger partial charge in [-0.15, -0.1) is 0 Å². The van der Waals surface area contributed by atoms with Gasteiger partial charge in [-0.3, -0.25) is 9.78 Å². The van der Waals surface area contributed by atoms with E-state index in [1.807, 2.05) is 35.0 Å². The molecule has 0 atom stereocenters. The molecule has 3 aromatic rings. The lowest BCUT2D eigenvalue weighted by Crippen LogP contribution is -2.24. The maximum Gasteiger partial charge on any atom is 0.230 e. The van der Waals surface area contributed by atoms with Crippen molar-refractivity contribution in [3.8, 4) is 0 Å². The van der Waals surface area contributed by atoms with Gasteiger partial charge in [0, 0.05) is 18.6 Å². The van der Waals surface area contributed by atoms with Gasteiger partial charge >= 0.3 is 0 Å². The van der Waals surface area contributed by atoms with Crippen molar-refractivity contribution in [2.45, 2.75) is 18.2 Å². The second-order valence-corrected chi connectivity index (χ2v) is 5.75. The van der Waals surface area contributed by atoms with E-state index in [9.17, 15) is 4.79 Å². The summed E-state index contributed by atoms with van der Waals surface area (Å²) in [5.74, 6) is 0.985. The average Bonchev–Trinajstić information content (AvgIpc) is 3.24. The van der Waals surface area contributed by atoms with Crippen LogP contribution in [-0.2, 0) is 17.9 Å². The lowest BCUT2D eigenvalue weighted by atomic mass is 10.3. The maximum absolute atomic E-state index is 11.9. The standard InChI is InChI=1S/C16H16N4O2S/c21-15(19-10-14-5-3-9-22-14)12-23-16-18-7-8-20(16)11-13-4-1-2-6-17-13/h1-9H,10-12H2,(H,19,21). The van der Waals surface area contributed by atoms with Crippen LogP contribution in [-0.4, -0.2) is 26.2 Å². The van der Waals surface area contributed by atoms with Crippen LogP contribution in [0.5, 0.6) is 0 Å². The van der Waals surface area contributed by atoms with E-state index in [0.717, 1.165) is 16.6 Å². The fraction of sp³-hybridized carbons (Fsp3) is 0.188. The van der Waals surface area contributed by atoms with Gasteiger partial charge in [-0.1, -0.05) is 17.8 Å². The molecule has 118 valence electrons. The van der Waals surface area contributed by atoms with Gasteiger partial charge in [0.2, 0.25) is 5.91 Å². The van der Waals surface area contributed by atoms with E-state index in [0.29, 0.717) is 18.8 Å². The summed E-state index contributed by atoms with van der Waals surface area (Å²) >= 11 is 1.40. The quantitative estimate of drug-likeness (QED) is 0.674. The third-order valence-electron chi connectivity index (χ3n) is 3.11. The highest BCUT2D eigenvalue weighted by atomic mass is 32.2. The first-order valence-corrected chi connectivity index (χ1v) is 8.13. The first-order valence-electron chi connectivity index (χ1n) is 7.14. The molecule has 0 aliphatic heterocycles. The van der Waals surface area contributed by atoms with Crippen molar-refractivity contribution in [1.82, 2.24) is 19.9 Å². The summed E-state index contributed by atoms with van der Waals surface area (Å²) in [6.45, 7) is 1.03. The van der Waals surface area contributed by atoms with E-state index in [4.69, 9.17) is 4.42 Å². The van der Waals surface area contributed by atoms with E-state index >= 15 is 0 Å². The number of hydrogen-bond acceptors (Lipinski definition) is 5. The number of nitrogens with zero attached hydrogens (tertiary/aromatic N) is 3. The molecule has 3 heterocycles. The molecule has 1 amide bonds. The number of furan rings is 1. The highest BCUT2D eigenvalue weighted by Gasteiger charge is 2.09. The second kappa shape index (κ2) is 7.64. The number of carbonyl (C=O) groups is 1. The summed E-state index contributed by atoms with van der Waals surface area (Å²) < 4.78 is 7.15. The minimum atomic E-state index is -0.0567. The summed E-state index contributed by atoms with van der Waals surface area (Å²) in [4.78, 5) is 20.5. The fourth-order valence-electron chi connectivity index (χ4n) is 2.00. The van der Waals surface area contributed by atoms with Crippen LogP contribution in [0, 0.1) is 0 Å². The van der Waals surface area contributed by atoms with Crippen LogP contribution in [0.15, 0.2) is 64.8 Å². The van der Waals surface area contributed by atoms with Gasteiger partial charge in [0.25, 0.3) is 0 Å². The molecule has 0 bridgehead atoms. The molecule has 0 fully saturated rings. The minimum absolute atomic E-state index is 0.0567. The predicted octanol–water partition coefficient (Wildman–Crippen LogP) is 2.33. The number of amides is 1. The van der Waals surface area contributed by atoms with Gasteiger partial charge in [-0.25, -0.2) is 4.98 Å². The van der Waals surface area contributed by atoms with E-state index in [-0.39, 0.29) is 5.91 Å². The molecule has 1 N–H and O–H groups in total. The predicted molar refractivity (Wildman–Crippen MR) is 86.8 cm³/mol. The van der Waals surface area contributed by atoms with Crippen LogP contribution < -0.4 is 5.32 Å². The molecule has 3 rings (SSSR count). The molecule has 3 aromatic heterocycles. The van der Waals surface area contributed by atoms with Gasteiger partial charge in [0.05, 0.1) is 30.8 Å². The van der Waals surface area contributed by atoms with E-state index < -0.39 is 0 Å². The molecule has 0 saturated heterocycles. The summed E-state index contributed by atoms with van der Waals surface area (Å²) in [7, 11) is 0. The molecule has 0 aromatic carbocycles. The number of rotatable bonds is 7. The number of nitrogens with one attached hydrogen (secondary N) is 1. The van der Waals surface area contributed by atoms with Crippen LogP contribution in [0.25, 0.3) is 0 Å². The first kappa shape index (κ1) is 15.4. The Labute approximate surface area is 137 Å². The number of imidazole rings is 1. The average molecular weight is 328 g/mol. The Balaban J connectivity index is 1.50. The molecular formula is C16H16N4O2S. The molecule has 23 heavy (non-hydrogen) atoms. The second-order valence-electron chi connectivity index (χ2n) is 4.80. The highest BCUT2D eigenvalue weighted by molar-refractivity contribution is 7.99. The summed E-state index contributed by atoms with van der Waals surface area (Å²) in [5.41, 5.74) is 0.953. The number of thioether (sulfide) groups is 1. The number of aromatic nitrogens is 3. The van der Waals surface area contributed by atoms with Crippen LogP contribution >= 0.6 is 11.8 Å². The number of pyridine rings is 1. The Morgan fingerprint density at radius 3 is 2.96 bits per heavy atom. The Bertz CT molecular complexity index is 741. The summed E-state index contributed by atoms with van der Waals surface area (Å²) in [5, 5.41) is 3.61. The van der Waals surface area contributed by atoms with Crippen LogP contribution in [0.4, 0.5) is 0 Å². The van der Waals surface area contributed by atoms with Gasteiger partial charge in [-0.05, 0) is 24.3 Å². The first-order chi connectivity index (χ1) is 11.3. The molecule has 0 aliphatic carbocycles. The van der Waals surface area contributed by atoms with E-state index in [2.05, 4.69) is 15.3 Å². The monoisotopic (exact) mass is 328 g/mol. The van der Waals surface area contributed by atoms with Crippen molar-refractivity contribution >= 4 is 17.7 Å². The van der Waals surface area contributed by atoms with Gasteiger partial charge in [0.1, 0.15) is 5.76 Å². The molecule has 0 saturated carbocycles. The highest BCUT2D eigenvalue weighted by Crippen LogP contribution is 2.16. The molecule has 7 heteroatoms. The Morgan fingerprint density at radius 2 is 2.17 bits per heavy atom. The van der Waals surface area contributed by atoms with Gasteiger partial charge in [0.15, 0.2) is 5.16 Å². The SMILES string of the molecule is O=C(CSc1nccn1Cc1ccccn1)NCc1ccco1. The summed E-state index contributed by atoms with van der Waals surface area (Å²) in [6.07, 6.45) is 6.97. The van der Waals surface area contributed by atoms with Crippen molar-refractivity contribution in [2.75, 3.05) is 5.75 Å². The third-order valence-corrected chi connectivity index (χ3v) is 4.11. The molecule has 0 radical (unpaired) electrons. The Kier molecular flexibility index (Phi) is 5.10. The Morgan fingerprint density at radius 1 is 1.22 bits per heavy atom. The normalized spacial score (nSPS) is 10.6. The van der Waals surface area contributed by atoms with Gasteiger partial charge < -0.3 is 14.3 Å². The lowest BCUT2D eigenvalue weighted by Gasteiger charge is -2.07. The number of hydrogen-bond donors (Lipinski definition) is 1. The zero-order valence-corrected chi connectivity index (χ0v) is 13.2. The van der Waals surface area contributed by atoms with Crippen molar-refractivity contribution in [3.63, 3.8) is 0 Å². The number of carbonyl (C=O) groups excluding carboxylic acids is 1. The maximum atomic E-state index is 11.9. The van der Waals surface area contributed by atoms with E-state index in [1.54, 1.807) is 24.7 Å². The van der Waals surface area contributed by atoms with Crippen molar-refractivity contribution in [2.24, 2.45) is 0 Å². The van der Waals surface area contributed by atoms with Crippen molar-refractivity contribution in [1.29, 1.82) is 0 Å². The van der Waals surface area contributed by atoms with Crippen LogP contribution in [0.3, 0.4) is 0 Å². The third kappa shape index (κ3) is 4.46. The van der Waals surface area contributed by atoms with Crippen LogP contribution in [0.2, 0.25) is 0 Å². The topological polar surface area (TPSA) is 73.0 Å². The van der Waals surface area contributed by atoms with Crippen molar-refractivity contribution in [3.05, 3.63) is 66.6 Å². The molecule has 6 nitrogen and oxygen atoms in total. The van der Waals surface area contributed by atoms with Gasteiger partial charge in [-0.2, -0.15) is 0 Å². The van der Waals surface area contributed by atoms with E-state index in [1.165, 1.54) is 11.8 Å². The lowest BCUT2D eigenvalue weighted by molar-refractivity contribution is -0.118. The largest absolute Gasteiger partial charge is 0.467 e. The summed E-state index contributed by atoms with van der Waals surface area (Å²) in [6, 6.07) is 9.42. The zero-order chi connectivity index (χ0) is 15.9. The zero-order valence-electron chi connectivity index (χ0n) is 12.4. The van der Waals surface area contributed by atoms with Crippen LogP contribution in [0.1, 0.15) is 11.5 Å². The smallest absolute Gasteiger partial charge is 0.230 e. The Hall–Kier alpha value is -2.54. The molecular weight excluding hydrogens is 312 g/mol. The molecule has 0 aliphatic rings. The molecule has 0 spiro atoms. The minimum Gasteiger partial charge on any atom is -0.467 e.